The summed E-state index contributed by atoms with van der Waals surface area (Å²) in [6.45, 7) is 12.0. The van der Waals surface area contributed by atoms with E-state index in [-0.39, 0.29) is 0 Å². The Hall–Kier alpha value is -3.52. The minimum atomic E-state index is 0.339. The third-order valence-corrected chi connectivity index (χ3v) is 9.29. The summed E-state index contributed by atoms with van der Waals surface area (Å²) in [5.74, 6) is 0.681. The van der Waals surface area contributed by atoms with Crippen LogP contribution in [0.5, 0.6) is 0 Å². The van der Waals surface area contributed by atoms with Crippen LogP contribution in [0.15, 0.2) is 60.7 Å². The van der Waals surface area contributed by atoms with Crippen LogP contribution < -0.4 is 9.80 Å². The highest BCUT2D eigenvalue weighted by Gasteiger charge is 2.43. The van der Waals surface area contributed by atoms with Gasteiger partial charge in [-0.05, 0) is 107 Å². The molecule has 2 heteroatoms. The summed E-state index contributed by atoms with van der Waals surface area (Å²) in [5.41, 5.74) is 20.5. The lowest BCUT2D eigenvalue weighted by molar-refractivity contribution is 0.644. The third-order valence-electron chi connectivity index (χ3n) is 9.29. The van der Waals surface area contributed by atoms with Gasteiger partial charge in [-0.1, -0.05) is 48.5 Å². The summed E-state index contributed by atoms with van der Waals surface area (Å²) >= 11 is 0. The second-order valence-electron chi connectivity index (χ2n) is 11.3. The van der Waals surface area contributed by atoms with Gasteiger partial charge in [-0.2, -0.15) is 0 Å². The third kappa shape index (κ3) is 2.50. The largest absolute Gasteiger partial charge is 0.349 e. The lowest BCUT2D eigenvalue weighted by atomic mass is 9.60. The van der Waals surface area contributed by atoms with Crippen molar-refractivity contribution in [3.8, 4) is 0 Å². The normalized spacial score (nSPS) is 20.1. The van der Waals surface area contributed by atoms with E-state index in [4.69, 9.17) is 0 Å². The van der Waals surface area contributed by atoms with Gasteiger partial charge >= 0.3 is 0 Å². The molecule has 4 aromatic carbocycles. The number of benzene rings is 4. The maximum Gasteiger partial charge on any atom is 0.0910 e. The van der Waals surface area contributed by atoms with Crippen molar-refractivity contribution in [3.05, 3.63) is 127 Å². The fourth-order valence-corrected chi connectivity index (χ4v) is 7.31. The Bertz CT molecular complexity index is 1590. The number of rotatable bonds is 0. The van der Waals surface area contributed by atoms with Gasteiger partial charge in [0.1, 0.15) is 0 Å². The summed E-state index contributed by atoms with van der Waals surface area (Å²) in [6.07, 6.45) is 0. The van der Waals surface area contributed by atoms with Crippen molar-refractivity contribution in [2.75, 3.05) is 16.5 Å². The van der Waals surface area contributed by atoms with Gasteiger partial charge in [-0.25, -0.2) is 0 Å². The van der Waals surface area contributed by atoms with E-state index >= 15 is 0 Å². The minimum Gasteiger partial charge on any atom is -0.349 e. The molecule has 2 unspecified atom stereocenters. The zero-order valence-corrected chi connectivity index (χ0v) is 20.9. The maximum atomic E-state index is 2.60. The molecule has 4 aromatic rings. The van der Waals surface area contributed by atoms with Crippen LogP contribution in [0.4, 0.5) is 11.4 Å². The topological polar surface area (TPSA) is 6.48 Å². The van der Waals surface area contributed by atoms with E-state index < -0.39 is 0 Å². The van der Waals surface area contributed by atoms with Crippen LogP contribution in [0.2, 0.25) is 0 Å². The Labute approximate surface area is 207 Å². The fourth-order valence-electron chi connectivity index (χ4n) is 7.31. The van der Waals surface area contributed by atoms with Crippen LogP contribution in [-0.4, -0.2) is 6.67 Å². The van der Waals surface area contributed by atoms with E-state index in [2.05, 4.69) is 98.2 Å². The molecule has 0 fully saturated rings. The molecule has 0 saturated carbocycles. The molecule has 2 nitrogen and oxygen atoms in total. The standard InChI is InChI=1S/C33H30N2/c1-18-9-22-15-35-17-34(30(22)12-21(18)4)16-23-13-28-29(14-31(23)35)33-25-8-6-5-7-24(25)32(28)26-10-19(2)20(3)11-27(26)33/h5-14,32-33H,15-17H2,1-4H3. The van der Waals surface area contributed by atoms with Crippen LogP contribution in [0.1, 0.15) is 78.6 Å². The minimum absolute atomic E-state index is 0.339. The zero-order chi connectivity index (χ0) is 23.6. The lowest BCUT2D eigenvalue weighted by Gasteiger charge is -2.48. The molecule has 0 N–H and O–H groups in total. The average molecular weight is 455 g/mol. The highest BCUT2D eigenvalue weighted by molar-refractivity contribution is 5.75. The SMILES string of the molecule is Cc1cc2c(cc1C)N1Cc3cc4c(cc3N(C2)C1)C1c2ccccc2C4c2cc(C)c(C)cc21. The maximum absolute atomic E-state index is 2.60. The van der Waals surface area contributed by atoms with Crippen LogP contribution in [0, 0.1) is 27.7 Å². The van der Waals surface area contributed by atoms with Gasteiger partial charge in [0.25, 0.3) is 0 Å². The summed E-state index contributed by atoms with van der Waals surface area (Å²) in [7, 11) is 0. The first-order valence-electron chi connectivity index (χ1n) is 12.9. The second kappa shape index (κ2) is 6.57. The van der Waals surface area contributed by atoms with Crippen molar-refractivity contribution < 1.29 is 0 Å². The predicted octanol–water partition coefficient (Wildman–Crippen LogP) is 7.21. The van der Waals surface area contributed by atoms with Gasteiger partial charge in [0.05, 0.1) is 6.67 Å². The van der Waals surface area contributed by atoms with E-state index in [1.807, 2.05) is 0 Å². The van der Waals surface area contributed by atoms with Gasteiger partial charge in [-0.15, -0.1) is 0 Å². The van der Waals surface area contributed by atoms with E-state index in [9.17, 15) is 0 Å². The highest BCUT2D eigenvalue weighted by atomic mass is 15.4. The Morgan fingerprint density at radius 1 is 0.514 bits per heavy atom. The van der Waals surface area contributed by atoms with Crippen LogP contribution in [-0.2, 0) is 13.1 Å². The fraction of sp³-hybridized carbons (Fsp3) is 0.273. The van der Waals surface area contributed by atoms with E-state index in [1.54, 1.807) is 0 Å². The Morgan fingerprint density at radius 2 is 0.971 bits per heavy atom. The monoisotopic (exact) mass is 454 g/mol. The first-order valence-corrected chi connectivity index (χ1v) is 12.9. The van der Waals surface area contributed by atoms with Gasteiger partial charge < -0.3 is 9.80 Å². The van der Waals surface area contributed by atoms with Crippen LogP contribution in [0.3, 0.4) is 0 Å². The van der Waals surface area contributed by atoms with Gasteiger partial charge in [0.15, 0.2) is 0 Å². The summed E-state index contributed by atoms with van der Waals surface area (Å²) in [6, 6.07) is 24.1. The Balaban J connectivity index is 1.33. The second-order valence-corrected chi connectivity index (χ2v) is 11.3. The van der Waals surface area contributed by atoms with Crippen molar-refractivity contribution in [3.63, 3.8) is 0 Å². The number of nitrogens with zero attached hydrogens (tertiary/aromatic N) is 2. The van der Waals surface area contributed by atoms with Crippen LogP contribution in [0.25, 0.3) is 0 Å². The molecular weight excluding hydrogens is 424 g/mol. The molecule has 35 heavy (non-hydrogen) atoms. The van der Waals surface area contributed by atoms with Crippen molar-refractivity contribution in [1.29, 1.82) is 0 Å². The van der Waals surface area contributed by atoms with Gasteiger partial charge in [0, 0.05) is 36.3 Å². The van der Waals surface area contributed by atoms with E-state index in [1.165, 1.54) is 78.1 Å². The van der Waals surface area contributed by atoms with Crippen molar-refractivity contribution in [1.82, 2.24) is 0 Å². The van der Waals surface area contributed by atoms with E-state index in [0.29, 0.717) is 11.8 Å². The smallest absolute Gasteiger partial charge is 0.0910 e. The zero-order valence-electron chi connectivity index (χ0n) is 20.9. The molecule has 0 radical (unpaired) electrons. The number of aryl methyl sites for hydroxylation is 4. The molecule has 2 aliphatic heterocycles. The Morgan fingerprint density at radius 3 is 1.60 bits per heavy atom. The van der Waals surface area contributed by atoms with Crippen LogP contribution >= 0.6 is 0 Å². The van der Waals surface area contributed by atoms with Crippen molar-refractivity contribution in [2.45, 2.75) is 52.6 Å². The molecule has 0 spiro atoms. The van der Waals surface area contributed by atoms with Gasteiger partial charge in [0.2, 0.25) is 0 Å². The molecule has 3 aliphatic carbocycles. The molecule has 9 rings (SSSR count). The van der Waals surface area contributed by atoms with Gasteiger partial charge in [-0.3, -0.25) is 0 Å². The molecular formula is C33H30N2. The first-order chi connectivity index (χ1) is 17.0. The first kappa shape index (κ1) is 19.8. The molecule has 5 aliphatic rings. The molecule has 172 valence electrons. The molecule has 2 heterocycles. The summed E-state index contributed by atoms with van der Waals surface area (Å²) in [5, 5.41) is 0. The summed E-state index contributed by atoms with van der Waals surface area (Å²) < 4.78 is 0. The molecule has 2 atom stereocenters. The quantitative estimate of drug-likeness (QED) is 0.239. The molecule has 4 bridgehead atoms. The number of fused-ring (bicyclic) bond motifs is 6. The molecule has 0 aromatic heterocycles. The lowest BCUT2D eigenvalue weighted by Crippen LogP contribution is -2.46. The number of hydrogen-bond donors (Lipinski definition) is 0. The Kier molecular flexibility index (Phi) is 3.71. The van der Waals surface area contributed by atoms with Crippen molar-refractivity contribution in [2.24, 2.45) is 0 Å². The average Bonchev–Trinajstić information content (AvgIpc) is 2.85. The molecule has 0 saturated heterocycles. The van der Waals surface area contributed by atoms with Crippen molar-refractivity contribution >= 4 is 11.4 Å². The highest BCUT2D eigenvalue weighted by Crippen LogP contribution is 2.57. The molecule has 0 amide bonds. The number of hydrogen-bond acceptors (Lipinski definition) is 2. The summed E-state index contributed by atoms with van der Waals surface area (Å²) in [4.78, 5) is 5.18. The predicted molar refractivity (Wildman–Crippen MR) is 144 cm³/mol. The number of anilines is 2. The van der Waals surface area contributed by atoms with E-state index in [0.717, 1.165) is 19.8 Å².